The highest BCUT2D eigenvalue weighted by Gasteiger charge is 2.34. The van der Waals surface area contributed by atoms with Gasteiger partial charge in [0.25, 0.3) is 5.91 Å². The Hall–Kier alpha value is -2.18. The van der Waals surface area contributed by atoms with Crippen LogP contribution in [0.4, 0.5) is 0 Å². The summed E-state index contributed by atoms with van der Waals surface area (Å²) in [6, 6.07) is 7.61. The molecule has 1 aliphatic rings. The van der Waals surface area contributed by atoms with Crippen LogP contribution in [0.3, 0.4) is 0 Å². The number of hydrogen-bond donors (Lipinski definition) is 1. The van der Waals surface area contributed by atoms with Crippen molar-refractivity contribution in [3.8, 4) is 0 Å². The van der Waals surface area contributed by atoms with Crippen LogP contribution in [-0.4, -0.2) is 46.9 Å². The molecule has 1 aromatic carbocycles. The van der Waals surface area contributed by atoms with Gasteiger partial charge < -0.3 is 19.4 Å². The molecular formula is C18H23N3O3. The van der Waals surface area contributed by atoms with Gasteiger partial charge in [0.2, 0.25) is 0 Å². The van der Waals surface area contributed by atoms with Gasteiger partial charge in [0.05, 0.1) is 25.1 Å². The number of rotatable bonds is 5. The van der Waals surface area contributed by atoms with Gasteiger partial charge in [0.15, 0.2) is 0 Å². The van der Waals surface area contributed by atoms with Crippen LogP contribution < -0.4 is 5.32 Å². The summed E-state index contributed by atoms with van der Waals surface area (Å²) in [5.41, 5.74) is 1.30. The molecule has 0 bridgehead atoms. The lowest BCUT2D eigenvalue weighted by atomic mass is 10.00. The van der Waals surface area contributed by atoms with E-state index >= 15 is 0 Å². The number of imidazole rings is 1. The average molecular weight is 329 g/mol. The second-order valence-corrected chi connectivity index (χ2v) is 6.46. The van der Waals surface area contributed by atoms with Gasteiger partial charge in [-0.15, -0.1) is 0 Å². The molecule has 1 unspecified atom stereocenters. The summed E-state index contributed by atoms with van der Waals surface area (Å²) in [7, 11) is 0. The van der Waals surface area contributed by atoms with Crippen molar-refractivity contribution in [2.45, 2.75) is 32.1 Å². The molecule has 128 valence electrons. The topological polar surface area (TPSA) is 65.4 Å². The zero-order valence-corrected chi connectivity index (χ0v) is 14.1. The third-order valence-corrected chi connectivity index (χ3v) is 4.21. The molecule has 3 rings (SSSR count). The SMILES string of the molecule is CC1(C)OCCOC1CNC(=O)c1cccc(Cn2ccnc2)c1. The van der Waals surface area contributed by atoms with Crippen LogP contribution in [0.5, 0.6) is 0 Å². The maximum atomic E-state index is 12.4. The van der Waals surface area contributed by atoms with Gasteiger partial charge in [0.1, 0.15) is 6.10 Å². The van der Waals surface area contributed by atoms with Crippen molar-refractivity contribution >= 4 is 5.91 Å². The maximum Gasteiger partial charge on any atom is 0.251 e. The van der Waals surface area contributed by atoms with E-state index in [4.69, 9.17) is 9.47 Å². The normalized spacial score (nSPS) is 19.8. The summed E-state index contributed by atoms with van der Waals surface area (Å²) in [6.07, 6.45) is 5.25. The summed E-state index contributed by atoms with van der Waals surface area (Å²) in [5, 5.41) is 2.95. The highest BCUT2D eigenvalue weighted by molar-refractivity contribution is 5.94. The molecule has 6 heteroatoms. The first-order valence-corrected chi connectivity index (χ1v) is 8.13. The van der Waals surface area contributed by atoms with Crippen LogP contribution in [-0.2, 0) is 16.0 Å². The molecule has 0 radical (unpaired) electrons. The molecule has 2 heterocycles. The second kappa shape index (κ2) is 7.15. The molecule has 2 aromatic rings. The Morgan fingerprint density at radius 3 is 3.04 bits per heavy atom. The van der Waals surface area contributed by atoms with Crippen molar-refractivity contribution < 1.29 is 14.3 Å². The van der Waals surface area contributed by atoms with E-state index in [1.54, 1.807) is 12.5 Å². The van der Waals surface area contributed by atoms with Crippen molar-refractivity contribution in [3.05, 3.63) is 54.1 Å². The van der Waals surface area contributed by atoms with E-state index in [0.717, 1.165) is 5.56 Å². The summed E-state index contributed by atoms with van der Waals surface area (Å²) < 4.78 is 13.4. The van der Waals surface area contributed by atoms with Gasteiger partial charge in [-0.05, 0) is 31.5 Å². The second-order valence-electron chi connectivity index (χ2n) is 6.46. The molecule has 1 N–H and O–H groups in total. The largest absolute Gasteiger partial charge is 0.371 e. The van der Waals surface area contributed by atoms with Crippen LogP contribution in [0.1, 0.15) is 29.8 Å². The van der Waals surface area contributed by atoms with Crippen molar-refractivity contribution in [1.82, 2.24) is 14.9 Å². The molecule has 1 saturated heterocycles. The smallest absolute Gasteiger partial charge is 0.251 e. The Morgan fingerprint density at radius 2 is 2.29 bits per heavy atom. The van der Waals surface area contributed by atoms with E-state index in [-0.39, 0.29) is 12.0 Å². The quantitative estimate of drug-likeness (QED) is 0.909. The first kappa shape index (κ1) is 16.7. The maximum absolute atomic E-state index is 12.4. The lowest BCUT2D eigenvalue weighted by Gasteiger charge is -2.38. The average Bonchev–Trinajstić information content (AvgIpc) is 3.06. The van der Waals surface area contributed by atoms with Crippen molar-refractivity contribution in [1.29, 1.82) is 0 Å². The van der Waals surface area contributed by atoms with Crippen molar-refractivity contribution in [2.24, 2.45) is 0 Å². The van der Waals surface area contributed by atoms with E-state index in [2.05, 4.69) is 10.3 Å². The van der Waals surface area contributed by atoms with Gasteiger partial charge in [-0.25, -0.2) is 4.98 Å². The minimum atomic E-state index is -0.394. The van der Waals surface area contributed by atoms with Crippen LogP contribution in [0.15, 0.2) is 43.0 Å². The summed E-state index contributed by atoms with van der Waals surface area (Å²) >= 11 is 0. The number of benzene rings is 1. The minimum Gasteiger partial charge on any atom is -0.371 e. The zero-order valence-electron chi connectivity index (χ0n) is 14.1. The van der Waals surface area contributed by atoms with Crippen molar-refractivity contribution in [3.63, 3.8) is 0 Å². The lowest BCUT2D eigenvalue weighted by molar-refractivity contribution is -0.183. The third-order valence-electron chi connectivity index (χ3n) is 4.21. The Kier molecular flexibility index (Phi) is 4.97. The Balaban J connectivity index is 1.60. The standard InChI is InChI=1S/C18H23N3O3/c1-18(2)16(23-8-9-24-18)11-20-17(22)15-5-3-4-14(10-15)12-21-7-6-19-13-21/h3-7,10,13,16H,8-9,11-12H2,1-2H3,(H,20,22). The molecule has 1 aliphatic heterocycles. The van der Waals surface area contributed by atoms with Crippen LogP contribution >= 0.6 is 0 Å². The zero-order chi connectivity index (χ0) is 17.0. The van der Waals surface area contributed by atoms with Gasteiger partial charge in [-0.1, -0.05) is 12.1 Å². The van der Waals surface area contributed by atoms with Crippen LogP contribution in [0, 0.1) is 0 Å². The molecule has 1 fully saturated rings. The highest BCUT2D eigenvalue weighted by atomic mass is 16.6. The highest BCUT2D eigenvalue weighted by Crippen LogP contribution is 2.21. The molecular weight excluding hydrogens is 306 g/mol. The summed E-state index contributed by atoms with van der Waals surface area (Å²) in [6.45, 7) is 6.23. The molecule has 24 heavy (non-hydrogen) atoms. The van der Waals surface area contributed by atoms with E-state index in [9.17, 15) is 4.79 Å². The Morgan fingerprint density at radius 1 is 1.42 bits per heavy atom. The first-order valence-electron chi connectivity index (χ1n) is 8.13. The number of nitrogens with one attached hydrogen (secondary N) is 1. The number of amides is 1. The molecule has 6 nitrogen and oxygen atoms in total. The molecule has 1 atom stereocenters. The Labute approximate surface area is 141 Å². The number of ether oxygens (including phenoxy) is 2. The summed E-state index contributed by atoms with van der Waals surface area (Å²) in [4.78, 5) is 16.5. The predicted octanol–water partition coefficient (Wildman–Crippen LogP) is 1.86. The minimum absolute atomic E-state index is 0.104. The van der Waals surface area contributed by atoms with Gasteiger partial charge in [0, 0.05) is 31.0 Å². The number of nitrogens with zero attached hydrogens (tertiary/aromatic N) is 2. The lowest BCUT2D eigenvalue weighted by Crippen LogP contribution is -2.52. The fraction of sp³-hybridized carbons (Fsp3) is 0.444. The number of aromatic nitrogens is 2. The van der Waals surface area contributed by atoms with Crippen LogP contribution in [0.25, 0.3) is 0 Å². The predicted molar refractivity (Wildman–Crippen MR) is 89.9 cm³/mol. The van der Waals surface area contributed by atoms with E-state index in [1.165, 1.54) is 0 Å². The fourth-order valence-corrected chi connectivity index (χ4v) is 2.78. The monoisotopic (exact) mass is 329 g/mol. The first-order chi connectivity index (χ1) is 11.5. The fourth-order valence-electron chi connectivity index (χ4n) is 2.78. The molecule has 0 saturated carbocycles. The number of carbonyl (C=O) groups is 1. The molecule has 0 aliphatic carbocycles. The summed E-state index contributed by atoms with van der Waals surface area (Å²) in [5.74, 6) is -0.104. The number of carbonyl (C=O) groups excluding carboxylic acids is 1. The van der Waals surface area contributed by atoms with E-state index in [1.807, 2.05) is 48.9 Å². The van der Waals surface area contributed by atoms with Crippen molar-refractivity contribution in [2.75, 3.05) is 19.8 Å². The third kappa shape index (κ3) is 4.01. The van der Waals surface area contributed by atoms with E-state index < -0.39 is 5.60 Å². The van der Waals surface area contributed by atoms with Gasteiger partial charge in [-0.2, -0.15) is 0 Å². The molecule has 1 amide bonds. The Bertz CT molecular complexity index is 683. The van der Waals surface area contributed by atoms with E-state index in [0.29, 0.717) is 31.9 Å². The molecule has 0 spiro atoms. The number of hydrogen-bond acceptors (Lipinski definition) is 4. The molecule has 1 aromatic heterocycles. The van der Waals surface area contributed by atoms with Gasteiger partial charge in [-0.3, -0.25) is 4.79 Å². The van der Waals surface area contributed by atoms with Gasteiger partial charge >= 0.3 is 0 Å². The van der Waals surface area contributed by atoms with Crippen LogP contribution in [0.2, 0.25) is 0 Å².